The Hall–Kier alpha value is -0.740. The fourth-order valence-electron chi connectivity index (χ4n) is 0.996. The molecule has 74 valence electrons. The molecular weight excluding hydrogens is 216 g/mol. The molecule has 0 bridgehead atoms. The van der Waals surface area contributed by atoms with Gasteiger partial charge >= 0.3 is 0 Å². The number of hydrogen-bond acceptors (Lipinski definition) is 4. The Morgan fingerprint density at radius 2 is 1.21 bits per heavy atom. The molecule has 0 saturated heterocycles. The lowest BCUT2D eigenvalue weighted by molar-refractivity contribution is 0.447. The SMILES string of the molecule is Cc1ccc(SSc2ccc(C)o2)o1. The molecule has 2 rings (SSSR count). The maximum absolute atomic E-state index is 5.41. The van der Waals surface area contributed by atoms with Gasteiger partial charge in [0.05, 0.1) is 0 Å². The second-order valence-electron chi connectivity index (χ2n) is 2.90. The highest BCUT2D eigenvalue weighted by molar-refractivity contribution is 8.76. The Bertz CT molecular complexity index is 377. The van der Waals surface area contributed by atoms with Gasteiger partial charge < -0.3 is 8.83 Å². The van der Waals surface area contributed by atoms with Crippen LogP contribution in [-0.4, -0.2) is 0 Å². The first-order chi connectivity index (χ1) is 6.74. The van der Waals surface area contributed by atoms with Crippen molar-refractivity contribution in [3.63, 3.8) is 0 Å². The minimum atomic E-state index is 0.904. The topological polar surface area (TPSA) is 26.3 Å². The van der Waals surface area contributed by atoms with Crippen LogP contribution in [0.3, 0.4) is 0 Å². The fraction of sp³-hybridized carbons (Fsp3) is 0.200. The Morgan fingerprint density at radius 1 is 0.786 bits per heavy atom. The van der Waals surface area contributed by atoms with E-state index in [-0.39, 0.29) is 0 Å². The zero-order chi connectivity index (χ0) is 9.97. The minimum absolute atomic E-state index is 0.904. The van der Waals surface area contributed by atoms with Crippen molar-refractivity contribution in [1.82, 2.24) is 0 Å². The summed E-state index contributed by atoms with van der Waals surface area (Å²) in [6, 6.07) is 7.83. The Balaban J connectivity index is 1.94. The first-order valence-corrected chi connectivity index (χ1v) is 6.36. The highest BCUT2D eigenvalue weighted by atomic mass is 33.1. The molecule has 0 saturated carbocycles. The summed E-state index contributed by atoms with van der Waals surface area (Å²) in [6.07, 6.45) is 0. The third-order valence-electron chi connectivity index (χ3n) is 1.64. The molecule has 2 aromatic rings. The van der Waals surface area contributed by atoms with Crippen molar-refractivity contribution in [2.75, 3.05) is 0 Å². The van der Waals surface area contributed by atoms with Gasteiger partial charge in [-0.3, -0.25) is 0 Å². The molecule has 0 unspecified atom stereocenters. The van der Waals surface area contributed by atoms with Gasteiger partial charge in [0.25, 0.3) is 0 Å². The molecule has 0 aromatic carbocycles. The van der Waals surface area contributed by atoms with Gasteiger partial charge in [-0.1, -0.05) is 0 Å². The summed E-state index contributed by atoms with van der Waals surface area (Å²) in [6.45, 7) is 3.87. The average Bonchev–Trinajstić information content (AvgIpc) is 2.72. The Kier molecular flexibility index (Phi) is 2.93. The average molecular weight is 226 g/mol. The molecule has 0 radical (unpaired) electrons. The lowest BCUT2D eigenvalue weighted by Crippen LogP contribution is -1.59. The van der Waals surface area contributed by atoms with Crippen molar-refractivity contribution in [2.45, 2.75) is 24.0 Å². The molecule has 0 atom stereocenters. The number of aryl methyl sites for hydroxylation is 2. The van der Waals surface area contributed by atoms with E-state index < -0.39 is 0 Å². The van der Waals surface area contributed by atoms with Gasteiger partial charge in [-0.05, 0) is 59.7 Å². The van der Waals surface area contributed by atoms with E-state index in [1.165, 1.54) is 0 Å². The van der Waals surface area contributed by atoms with Crippen LogP contribution in [0.4, 0.5) is 0 Å². The van der Waals surface area contributed by atoms with Gasteiger partial charge in [0.1, 0.15) is 11.5 Å². The van der Waals surface area contributed by atoms with Crippen molar-refractivity contribution in [3.8, 4) is 0 Å². The lowest BCUT2D eigenvalue weighted by atomic mass is 10.5. The predicted octanol–water partition coefficient (Wildman–Crippen LogP) is 4.29. The molecule has 0 spiro atoms. The maximum atomic E-state index is 5.41. The zero-order valence-corrected chi connectivity index (χ0v) is 9.58. The largest absolute Gasteiger partial charge is 0.454 e. The van der Waals surface area contributed by atoms with E-state index in [9.17, 15) is 0 Å². The fourth-order valence-corrected chi connectivity index (χ4v) is 2.77. The summed E-state index contributed by atoms with van der Waals surface area (Å²) in [4.78, 5) is 0. The quantitative estimate of drug-likeness (QED) is 0.729. The van der Waals surface area contributed by atoms with Crippen molar-refractivity contribution in [3.05, 3.63) is 35.8 Å². The minimum Gasteiger partial charge on any atom is -0.454 e. The predicted molar refractivity (Wildman–Crippen MR) is 58.6 cm³/mol. The van der Waals surface area contributed by atoms with E-state index in [2.05, 4.69) is 0 Å². The molecule has 0 amide bonds. The molecular formula is C10H10O2S2. The van der Waals surface area contributed by atoms with Crippen LogP contribution in [0, 0.1) is 13.8 Å². The number of hydrogen-bond donors (Lipinski definition) is 0. The molecule has 14 heavy (non-hydrogen) atoms. The molecule has 0 aliphatic rings. The molecule has 0 aliphatic carbocycles. The first-order valence-electron chi connectivity index (χ1n) is 4.21. The van der Waals surface area contributed by atoms with Gasteiger partial charge in [0.2, 0.25) is 0 Å². The van der Waals surface area contributed by atoms with Gasteiger partial charge in [0.15, 0.2) is 10.2 Å². The van der Waals surface area contributed by atoms with Crippen LogP contribution in [0.25, 0.3) is 0 Å². The molecule has 4 heteroatoms. The van der Waals surface area contributed by atoms with Gasteiger partial charge in [0, 0.05) is 0 Å². The second kappa shape index (κ2) is 4.19. The molecule has 0 aliphatic heterocycles. The van der Waals surface area contributed by atoms with E-state index in [0.29, 0.717) is 0 Å². The van der Waals surface area contributed by atoms with Gasteiger partial charge in [-0.2, -0.15) is 0 Å². The molecule has 2 aromatic heterocycles. The highest BCUT2D eigenvalue weighted by Crippen LogP contribution is 2.38. The molecule has 2 heterocycles. The summed E-state index contributed by atoms with van der Waals surface area (Å²) in [7, 11) is 3.13. The van der Waals surface area contributed by atoms with Crippen LogP contribution in [0.1, 0.15) is 11.5 Å². The Labute approximate surface area is 90.5 Å². The second-order valence-corrected chi connectivity index (χ2v) is 5.03. The first kappa shape index (κ1) is 9.80. The summed E-state index contributed by atoms with van der Waals surface area (Å²) >= 11 is 0. The third-order valence-corrected chi connectivity index (χ3v) is 3.72. The van der Waals surface area contributed by atoms with Crippen molar-refractivity contribution in [1.29, 1.82) is 0 Å². The van der Waals surface area contributed by atoms with Crippen LogP contribution in [0.5, 0.6) is 0 Å². The van der Waals surface area contributed by atoms with Crippen LogP contribution >= 0.6 is 21.6 Å². The summed E-state index contributed by atoms with van der Waals surface area (Å²) in [5.41, 5.74) is 0. The summed E-state index contributed by atoms with van der Waals surface area (Å²) in [5.74, 6) is 1.87. The van der Waals surface area contributed by atoms with Crippen LogP contribution < -0.4 is 0 Å². The molecule has 0 N–H and O–H groups in total. The highest BCUT2D eigenvalue weighted by Gasteiger charge is 2.04. The maximum Gasteiger partial charge on any atom is 0.171 e. The van der Waals surface area contributed by atoms with Gasteiger partial charge in [-0.15, -0.1) is 0 Å². The lowest BCUT2D eigenvalue weighted by Gasteiger charge is -1.92. The van der Waals surface area contributed by atoms with Gasteiger partial charge in [-0.25, -0.2) is 0 Å². The third kappa shape index (κ3) is 2.39. The van der Waals surface area contributed by atoms with E-state index in [1.807, 2.05) is 38.1 Å². The smallest absolute Gasteiger partial charge is 0.171 e. The Morgan fingerprint density at radius 3 is 1.50 bits per heavy atom. The number of rotatable bonds is 3. The van der Waals surface area contributed by atoms with Crippen molar-refractivity contribution < 1.29 is 8.83 Å². The van der Waals surface area contributed by atoms with Crippen molar-refractivity contribution in [2.24, 2.45) is 0 Å². The van der Waals surface area contributed by atoms with Crippen molar-refractivity contribution >= 4 is 21.6 Å². The van der Waals surface area contributed by atoms with Crippen LogP contribution in [0.15, 0.2) is 43.3 Å². The van der Waals surface area contributed by atoms with Crippen LogP contribution in [-0.2, 0) is 0 Å². The van der Waals surface area contributed by atoms with E-state index in [4.69, 9.17) is 8.83 Å². The van der Waals surface area contributed by atoms with E-state index in [0.717, 1.165) is 21.7 Å². The normalized spacial score (nSPS) is 10.7. The molecule has 0 fully saturated rings. The van der Waals surface area contributed by atoms with Crippen LogP contribution in [0.2, 0.25) is 0 Å². The van der Waals surface area contributed by atoms with E-state index in [1.54, 1.807) is 21.6 Å². The van der Waals surface area contributed by atoms with E-state index >= 15 is 0 Å². The zero-order valence-electron chi connectivity index (χ0n) is 7.94. The number of furan rings is 2. The summed E-state index contributed by atoms with van der Waals surface area (Å²) in [5, 5.41) is 1.81. The monoisotopic (exact) mass is 226 g/mol. The molecule has 2 nitrogen and oxygen atoms in total. The summed E-state index contributed by atoms with van der Waals surface area (Å²) < 4.78 is 10.8. The standard InChI is InChI=1S/C10H10O2S2/c1-7-3-5-9(11-7)13-14-10-6-4-8(2)12-10/h3-6H,1-2H3.